The van der Waals surface area contributed by atoms with Crippen molar-refractivity contribution in [1.29, 1.82) is 0 Å². The van der Waals surface area contributed by atoms with Crippen molar-refractivity contribution in [3.63, 3.8) is 0 Å². The first-order valence-corrected chi connectivity index (χ1v) is 15.4. The molecular weight excluding hydrogens is 579 g/mol. The van der Waals surface area contributed by atoms with Crippen LogP contribution < -0.4 is 4.74 Å². The number of aromatic nitrogens is 2. The molecule has 0 unspecified atom stereocenters. The number of carbonyl (C=O) groups is 2. The van der Waals surface area contributed by atoms with E-state index >= 15 is 0 Å². The molecule has 0 saturated carbocycles. The maximum absolute atomic E-state index is 14.0. The van der Waals surface area contributed by atoms with Gasteiger partial charge in [0.1, 0.15) is 18.2 Å². The molecule has 0 aliphatic carbocycles. The van der Waals surface area contributed by atoms with Crippen LogP contribution >= 0.6 is 11.8 Å². The van der Waals surface area contributed by atoms with Gasteiger partial charge in [-0.1, -0.05) is 36.4 Å². The van der Waals surface area contributed by atoms with Crippen molar-refractivity contribution in [2.24, 2.45) is 10.9 Å². The molecular formula is C34H31FN4O4S. The van der Waals surface area contributed by atoms with Crippen molar-refractivity contribution in [2.75, 3.05) is 19.7 Å². The molecule has 1 fully saturated rings. The molecule has 8 nitrogen and oxygen atoms in total. The van der Waals surface area contributed by atoms with Gasteiger partial charge < -0.3 is 14.4 Å². The van der Waals surface area contributed by atoms with Crippen LogP contribution in [0.3, 0.4) is 0 Å². The molecule has 0 bridgehead atoms. The summed E-state index contributed by atoms with van der Waals surface area (Å²) in [6.45, 7) is 3.58. The Labute approximate surface area is 259 Å². The van der Waals surface area contributed by atoms with Gasteiger partial charge in [0, 0.05) is 36.0 Å². The molecule has 0 N–H and O–H groups in total. The van der Waals surface area contributed by atoms with E-state index in [1.54, 1.807) is 22.9 Å². The van der Waals surface area contributed by atoms with Crippen LogP contribution in [0.5, 0.6) is 5.75 Å². The minimum absolute atomic E-state index is 0.119. The lowest BCUT2D eigenvalue weighted by Crippen LogP contribution is -2.39. The number of rotatable bonds is 8. The summed E-state index contributed by atoms with van der Waals surface area (Å²) in [4.78, 5) is 32.1. The number of amidine groups is 1. The topological polar surface area (TPSA) is 86.0 Å². The minimum Gasteiger partial charge on any atom is -0.489 e. The highest BCUT2D eigenvalue weighted by Crippen LogP contribution is 2.35. The molecule has 4 aromatic rings. The summed E-state index contributed by atoms with van der Waals surface area (Å²) in [5.41, 5.74) is 3.66. The molecule has 2 aliphatic heterocycles. The molecule has 1 amide bonds. The number of halogens is 1. The van der Waals surface area contributed by atoms with Gasteiger partial charge in [-0.25, -0.2) is 9.07 Å². The SMILES string of the molecule is CCOC(=O)C1CCN(C2=NC(=O)C(=Cc3cn(-c4ccccc4)nc3-c3ccc(OCc4ccccc4F)cc3)S2)CC1. The van der Waals surface area contributed by atoms with Crippen LogP contribution in [0.2, 0.25) is 0 Å². The summed E-state index contributed by atoms with van der Waals surface area (Å²) >= 11 is 1.34. The number of piperidine rings is 1. The van der Waals surface area contributed by atoms with E-state index < -0.39 is 0 Å². The first-order valence-electron chi connectivity index (χ1n) is 14.5. The maximum atomic E-state index is 14.0. The number of hydrogen-bond donors (Lipinski definition) is 0. The predicted octanol–water partition coefficient (Wildman–Crippen LogP) is 6.50. The highest BCUT2D eigenvalue weighted by molar-refractivity contribution is 8.18. The molecule has 10 heteroatoms. The standard InChI is InChI=1S/C34H31FN4O4S/c1-2-42-33(41)24-16-18-38(19-17-24)34-36-32(40)30(44-34)20-26-21-39(27-9-4-3-5-10-27)37-31(26)23-12-14-28(15-13-23)43-22-25-8-6-7-11-29(25)35/h3-15,20-21,24H,2,16-19,22H2,1H3. The monoisotopic (exact) mass is 610 g/mol. The van der Waals surface area contributed by atoms with Crippen LogP contribution in [-0.2, 0) is 20.9 Å². The summed E-state index contributed by atoms with van der Waals surface area (Å²) in [6.07, 6.45) is 5.06. The van der Waals surface area contributed by atoms with Gasteiger partial charge >= 0.3 is 5.97 Å². The molecule has 6 rings (SSSR count). The van der Waals surface area contributed by atoms with Crippen LogP contribution in [0.1, 0.15) is 30.9 Å². The summed E-state index contributed by atoms with van der Waals surface area (Å²) in [7, 11) is 0. The van der Waals surface area contributed by atoms with Crippen LogP contribution in [-0.4, -0.2) is 51.4 Å². The van der Waals surface area contributed by atoms with Gasteiger partial charge in [0.25, 0.3) is 5.91 Å². The Balaban J connectivity index is 1.21. The van der Waals surface area contributed by atoms with Gasteiger partial charge in [0.15, 0.2) is 5.17 Å². The summed E-state index contributed by atoms with van der Waals surface area (Å²) in [6, 6.07) is 23.7. The molecule has 3 heterocycles. The van der Waals surface area contributed by atoms with Crippen molar-refractivity contribution >= 4 is 34.9 Å². The fourth-order valence-electron chi connectivity index (χ4n) is 5.16. The number of carbonyl (C=O) groups excluding carboxylic acids is 2. The number of likely N-dealkylation sites (tertiary alicyclic amines) is 1. The van der Waals surface area contributed by atoms with Gasteiger partial charge in [-0.15, -0.1) is 0 Å². The first-order chi connectivity index (χ1) is 21.5. The molecule has 1 saturated heterocycles. The van der Waals surface area contributed by atoms with Crippen molar-refractivity contribution in [3.05, 3.63) is 107 Å². The van der Waals surface area contributed by atoms with E-state index in [1.165, 1.54) is 17.8 Å². The third-order valence-electron chi connectivity index (χ3n) is 7.52. The fraction of sp³-hybridized carbons (Fsp3) is 0.235. The number of ether oxygens (including phenoxy) is 2. The number of aliphatic imine (C=N–C) groups is 1. The molecule has 0 spiro atoms. The van der Waals surface area contributed by atoms with Crippen LogP contribution in [0.25, 0.3) is 23.0 Å². The highest BCUT2D eigenvalue weighted by atomic mass is 32.2. The second kappa shape index (κ2) is 13.3. The number of nitrogens with zero attached hydrogens (tertiary/aromatic N) is 4. The van der Waals surface area contributed by atoms with Crippen molar-refractivity contribution in [3.8, 4) is 22.7 Å². The van der Waals surface area contributed by atoms with Crippen LogP contribution in [0.4, 0.5) is 4.39 Å². The van der Waals surface area contributed by atoms with Gasteiger partial charge in [-0.3, -0.25) is 9.59 Å². The molecule has 2 aliphatic rings. The maximum Gasteiger partial charge on any atom is 0.309 e. The summed E-state index contributed by atoms with van der Waals surface area (Å²) in [5, 5.41) is 5.52. The number of thioether (sulfide) groups is 1. The number of esters is 1. The van der Waals surface area contributed by atoms with E-state index in [2.05, 4.69) is 9.89 Å². The quantitative estimate of drug-likeness (QED) is 0.166. The summed E-state index contributed by atoms with van der Waals surface area (Å²) in [5.74, 6) is -0.275. The third-order valence-corrected chi connectivity index (χ3v) is 8.57. The van der Waals surface area contributed by atoms with Crippen molar-refractivity contribution in [2.45, 2.75) is 26.4 Å². The van der Waals surface area contributed by atoms with Crippen molar-refractivity contribution < 1.29 is 23.5 Å². The number of hydrogen-bond acceptors (Lipinski definition) is 7. The van der Waals surface area contributed by atoms with Crippen LogP contribution in [0, 0.1) is 11.7 Å². The molecule has 44 heavy (non-hydrogen) atoms. The smallest absolute Gasteiger partial charge is 0.309 e. The van der Waals surface area contributed by atoms with E-state index in [9.17, 15) is 14.0 Å². The van der Waals surface area contributed by atoms with Gasteiger partial charge in [-0.05, 0) is 80.1 Å². The third kappa shape index (κ3) is 6.60. The average molecular weight is 611 g/mol. The van der Waals surface area contributed by atoms with E-state index in [4.69, 9.17) is 14.6 Å². The molecule has 0 atom stereocenters. The Morgan fingerprint density at radius 1 is 1.02 bits per heavy atom. The van der Waals surface area contributed by atoms with E-state index in [1.807, 2.05) is 73.8 Å². The second-order valence-electron chi connectivity index (χ2n) is 10.4. The second-order valence-corrected chi connectivity index (χ2v) is 11.5. The largest absolute Gasteiger partial charge is 0.489 e. The number of amides is 1. The van der Waals surface area contributed by atoms with Gasteiger partial charge in [-0.2, -0.15) is 10.1 Å². The zero-order chi connectivity index (χ0) is 30.5. The van der Waals surface area contributed by atoms with E-state index in [-0.39, 0.29) is 30.2 Å². The molecule has 1 aromatic heterocycles. The Kier molecular flexibility index (Phi) is 8.88. The lowest BCUT2D eigenvalue weighted by Gasteiger charge is -2.31. The minimum atomic E-state index is -0.305. The number of benzene rings is 3. The Morgan fingerprint density at radius 3 is 2.48 bits per heavy atom. The van der Waals surface area contributed by atoms with E-state index in [0.717, 1.165) is 16.8 Å². The molecule has 0 radical (unpaired) electrons. The molecule has 3 aromatic carbocycles. The average Bonchev–Trinajstić information content (AvgIpc) is 3.65. The van der Waals surface area contributed by atoms with Crippen LogP contribution in [0.15, 0.2) is 95.0 Å². The highest BCUT2D eigenvalue weighted by Gasteiger charge is 2.32. The zero-order valence-corrected chi connectivity index (χ0v) is 25.0. The van der Waals surface area contributed by atoms with Gasteiger partial charge in [0.05, 0.1) is 28.8 Å². The zero-order valence-electron chi connectivity index (χ0n) is 24.2. The predicted molar refractivity (Wildman–Crippen MR) is 169 cm³/mol. The Hall–Kier alpha value is -4.70. The van der Waals surface area contributed by atoms with Gasteiger partial charge in [0.2, 0.25) is 0 Å². The Morgan fingerprint density at radius 2 is 1.75 bits per heavy atom. The Bertz CT molecular complexity index is 1710. The van der Waals surface area contributed by atoms with Crippen molar-refractivity contribution in [1.82, 2.24) is 14.7 Å². The first kappa shape index (κ1) is 29.4. The summed E-state index contributed by atoms with van der Waals surface area (Å²) < 4.78 is 26.8. The lowest BCUT2D eigenvalue weighted by atomic mass is 9.97. The number of para-hydroxylation sites is 1. The van der Waals surface area contributed by atoms with E-state index in [0.29, 0.717) is 59.6 Å². The normalized spacial score (nSPS) is 16.3. The molecule has 224 valence electrons. The lowest BCUT2D eigenvalue weighted by molar-refractivity contribution is -0.149. The fourth-order valence-corrected chi connectivity index (χ4v) is 6.11.